The molecule has 4 nitrogen and oxygen atoms in total. The highest BCUT2D eigenvalue weighted by Gasteiger charge is 2.22. The summed E-state index contributed by atoms with van der Waals surface area (Å²) in [5, 5.41) is 3.31. The Hall–Kier alpha value is -1.33. The summed E-state index contributed by atoms with van der Waals surface area (Å²) in [4.78, 5) is 4.15. The SMILES string of the molecule is Cc1cnc(CNCC2Cc3cc(Br)ccc3O2)o1. The van der Waals surface area contributed by atoms with Gasteiger partial charge >= 0.3 is 0 Å². The maximum absolute atomic E-state index is 5.87. The van der Waals surface area contributed by atoms with E-state index in [2.05, 4.69) is 32.3 Å². The number of benzene rings is 1. The second-order valence-electron chi connectivity index (χ2n) is 4.69. The van der Waals surface area contributed by atoms with E-state index in [0.717, 1.165) is 34.8 Å². The summed E-state index contributed by atoms with van der Waals surface area (Å²) < 4.78 is 12.4. The lowest BCUT2D eigenvalue weighted by Gasteiger charge is -2.10. The minimum atomic E-state index is 0.181. The normalized spacial score (nSPS) is 17.3. The lowest BCUT2D eigenvalue weighted by molar-refractivity contribution is 0.225. The third-order valence-electron chi connectivity index (χ3n) is 3.08. The molecule has 19 heavy (non-hydrogen) atoms. The van der Waals surface area contributed by atoms with Gasteiger partial charge < -0.3 is 14.5 Å². The van der Waals surface area contributed by atoms with Gasteiger partial charge in [-0.3, -0.25) is 0 Å². The van der Waals surface area contributed by atoms with Gasteiger partial charge in [0, 0.05) is 17.4 Å². The summed E-state index contributed by atoms with van der Waals surface area (Å²) in [6.07, 6.45) is 2.85. The van der Waals surface area contributed by atoms with Crippen molar-refractivity contribution in [2.24, 2.45) is 0 Å². The largest absolute Gasteiger partial charge is 0.488 e. The van der Waals surface area contributed by atoms with Crippen molar-refractivity contribution >= 4 is 15.9 Å². The predicted octanol–water partition coefficient (Wildman–Crippen LogP) is 2.84. The maximum atomic E-state index is 5.87. The van der Waals surface area contributed by atoms with E-state index in [1.807, 2.05) is 19.1 Å². The van der Waals surface area contributed by atoms with E-state index < -0.39 is 0 Å². The van der Waals surface area contributed by atoms with Gasteiger partial charge in [-0.25, -0.2) is 4.98 Å². The number of oxazole rings is 1. The fraction of sp³-hybridized carbons (Fsp3) is 0.357. The van der Waals surface area contributed by atoms with Gasteiger partial charge in [0.05, 0.1) is 12.7 Å². The second kappa shape index (κ2) is 5.35. The van der Waals surface area contributed by atoms with E-state index in [4.69, 9.17) is 9.15 Å². The van der Waals surface area contributed by atoms with Crippen LogP contribution in [0.15, 0.2) is 33.3 Å². The first-order valence-corrected chi connectivity index (χ1v) is 7.07. The molecule has 5 heteroatoms. The maximum Gasteiger partial charge on any atom is 0.208 e. The highest BCUT2D eigenvalue weighted by atomic mass is 79.9. The summed E-state index contributed by atoms with van der Waals surface area (Å²) in [6.45, 7) is 3.31. The monoisotopic (exact) mass is 322 g/mol. The smallest absolute Gasteiger partial charge is 0.208 e. The van der Waals surface area contributed by atoms with Gasteiger partial charge in [-0.1, -0.05) is 15.9 Å². The fourth-order valence-corrected chi connectivity index (χ4v) is 2.63. The fourth-order valence-electron chi connectivity index (χ4n) is 2.23. The Kier molecular flexibility index (Phi) is 3.57. The van der Waals surface area contributed by atoms with Crippen LogP contribution >= 0.6 is 15.9 Å². The molecule has 1 atom stereocenters. The van der Waals surface area contributed by atoms with Gasteiger partial charge in [0.1, 0.15) is 17.6 Å². The molecule has 1 unspecified atom stereocenters. The minimum absolute atomic E-state index is 0.181. The summed E-state index contributed by atoms with van der Waals surface area (Å²) in [7, 11) is 0. The number of nitrogens with one attached hydrogen (secondary N) is 1. The number of aromatic nitrogens is 1. The molecule has 100 valence electrons. The minimum Gasteiger partial charge on any atom is -0.488 e. The number of fused-ring (bicyclic) bond motifs is 1. The van der Waals surface area contributed by atoms with E-state index in [0.29, 0.717) is 6.54 Å². The molecule has 1 aliphatic rings. The summed E-state index contributed by atoms with van der Waals surface area (Å²) in [5.41, 5.74) is 1.26. The number of rotatable bonds is 4. The van der Waals surface area contributed by atoms with Crippen molar-refractivity contribution < 1.29 is 9.15 Å². The van der Waals surface area contributed by atoms with E-state index in [9.17, 15) is 0 Å². The zero-order chi connectivity index (χ0) is 13.2. The van der Waals surface area contributed by atoms with E-state index >= 15 is 0 Å². The summed E-state index contributed by atoms with van der Waals surface area (Å²) >= 11 is 3.48. The van der Waals surface area contributed by atoms with Crippen LogP contribution in [0.25, 0.3) is 0 Å². The molecule has 2 heterocycles. The molecule has 0 amide bonds. The molecule has 1 aromatic heterocycles. The van der Waals surface area contributed by atoms with E-state index in [-0.39, 0.29) is 6.10 Å². The first kappa shape index (κ1) is 12.7. The summed E-state index contributed by atoms with van der Waals surface area (Å²) in [6, 6.07) is 6.13. The van der Waals surface area contributed by atoms with Gasteiger partial charge in [0.2, 0.25) is 5.89 Å². The number of ether oxygens (including phenoxy) is 1. The molecule has 1 aliphatic heterocycles. The third-order valence-corrected chi connectivity index (χ3v) is 3.57. The van der Waals surface area contributed by atoms with Crippen LogP contribution < -0.4 is 10.1 Å². The van der Waals surface area contributed by atoms with Crippen LogP contribution in [0.5, 0.6) is 5.75 Å². The van der Waals surface area contributed by atoms with Crippen LogP contribution in [0.2, 0.25) is 0 Å². The van der Waals surface area contributed by atoms with Crippen molar-refractivity contribution in [2.45, 2.75) is 26.0 Å². The molecule has 3 rings (SSSR count). The van der Waals surface area contributed by atoms with Gasteiger partial charge in [-0.2, -0.15) is 0 Å². The molecule has 1 aromatic carbocycles. The van der Waals surface area contributed by atoms with Crippen molar-refractivity contribution in [2.75, 3.05) is 6.54 Å². The van der Waals surface area contributed by atoms with Gasteiger partial charge in [0.15, 0.2) is 0 Å². The average Bonchev–Trinajstić information content (AvgIpc) is 2.95. The molecule has 0 fully saturated rings. The molecule has 0 saturated carbocycles. The zero-order valence-electron chi connectivity index (χ0n) is 10.6. The quantitative estimate of drug-likeness (QED) is 0.940. The van der Waals surface area contributed by atoms with Crippen molar-refractivity contribution in [3.8, 4) is 5.75 Å². The van der Waals surface area contributed by atoms with E-state index in [1.54, 1.807) is 6.20 Å². The second-order valence-corrected chi connectivity index (χ2v) is 5.61. The molecule has 2 aromatic rings. The van der Waals surface area contributed by atoms with Crippen LogP contribution in [0.4, 0.5) is 0 Å². The highest BCUT2D eigenvalue weighted by Crippen LogP contribution is 2.30. The Labute approximate surface area is 120 Å². The predicted molar refractivity (Wildman–Crippen MR) is 75.2 cm³/mol. The number of hydrogen-bond acceptors (Lipinski definition) is 4. The number of aryl methyl sites for hydroxylation is 1. The number of hydrogen-bond donors (Lipinski definition) is 1. The van der Waals surface area contributed by atoms with Crippen molar-refractivity contribution in [3.63, 3.8) is 0 Å². The van der Waals surface area contributed by atoms with Crippen LogP contribution in [-0.4, -0.2) is 17.6 Å². The summed E-state index contributed by atoms with van der Waals surface area (Å²) in [5.74, 6) is 2.55. The molecule has 0 saturated heterocycles. The molecule has 1 N–H and O–H groups in total. The molecule has 0 spiro atoms. The van der Waals surface area contributed by atoms with E-state index in [1.165, 1.54) is 5.56 Å². The lowest BCUT2D eigenvalue weighted by Crippen LogP contribution is -2.29. The van der Waals surface area contributed by atoms with Crippen LogP contribution in [0.3, 0.4) is 0 Å². The molecular weight excluding hydrogens is 308 g/mol. The van der Waals surface area contributed by atoms with Crippen LogP contribution in [-0.2, 0) is 13.0 Å². The van der Waals surface area contributed by atoms with Crippen LogP contribution in [0, 0.1) is 6.92 Å². The van der Waals surface area contributed by atoms with Gasteiger partial charge in [-0.05, 0) is 30.7 Å². The lowest BCUT2D eigenvalue weighted by atomic mass is 10.1. The number of halogens is 1. The van der Waals surface area contributed by atoms with Crippen molar-refractivity contribution in [1.29, 1.82) is 0 Å². The topological polar surface area (TPSA) is 47.3 Å². The third kappa shape index (κ3) is 2.98. The first-order chi connectivity index (χ1) is 9.20. The van der Waals surface area contributed by atoms with Crippen molar-refractivity contribution in [1.82, 2.24) is 10.3 Å². The Morgan fingerprint density at radius 1 is 1.47 bits per heavy atom. The molecule has 0 radical (unpaired) electrons. The Morgan fingerprint density at radius 2 is 2.37 bits per heavy atom. The number of nitrogens with zero attached hydrogens (tertiary/aromatic N) is 1. The van der Waals surface area contributed by atoms with Crippen molar-refractivity contribution in [3.05, 3.63) is 46.1 Å². The molecule has 0 bridgehead atoms. The molecular formula is C14H15BrN2O2. The Morgan fingerprint density at radius 3 is 3.16 bits per heavy atom. The standard InChI is InChI=1S/C14H15BrN2O2/c1-9-6-17-14(18-9)8-16-7-12-5-10-4-11(15)2-3-13(10)19-12/h2-4,6,12,16H,5,7-8H2,1H3. The Balaban J connectivity index is 1.51. The molecule has 0 aliphatic carbocycles. The highest BCUT2D eigenvalue weighted by molar-refractivity contribution is 9.10. The zero-order valence-corrected chi connectivity index (χ0v) is 12.2. The Bertz CT molecular complexity index is 583. The van der Waals surface area contributed by atoms with Gasteiger partial charge in [0.25, 0.3) is 0 Å². The first-order valence-electron chi connectivity index (χ1n) is 6.28. The average molecular weight is 323 g/mol. The van der Waals surface area contributed by atoms with Gasteiger partial charge in [-0.15, -0.1) is 0 Å². The van der Waals surface area contributed by atoms with Crippen LogP contribution in [0.1, 0.15) is 17.2 Å².